The van der Waals surface area contributed by atoms with E-state index >= 15 is 0 Å². The van der Waals surface area contributed by atoms with Crippen LogP contribution in [0.1, 0.15) is 15.9 Å². The maximum atomic E-state index is 12.5. The van der Waals surface area contributed by atoms with Crippen molar-refractivity contribution >= 4 is 23.1 Å². The number of fused-ring (bicyclic) bond motifs is 1. The number of aryl methyl sites for hydroxylation is 1. The predicted octanol–water partition coefficient (Wildman–Crippen LogP) is 2.53. The van der Waals surface area contributed by atoms with Crippen LogP contribution >= 0.6 is 0 Å². The number of nitrogens with one attached hydrogen (secondary N) is 2. The topological polar surface area (TPSA) is 136 Å². The van der Waals surface area contributed by atoms with Crippen molar-refractivity contribution in [2.45, 2.75) is 6.92 Å². The van der Waals surface area contributed by atoms with Gasteiger partial charge in [0.25, 0.3) is 5.91 Å². The maximum absolute atomic E-state index is 12.5. The number of nitrogens with two attached hydrogens (primary N) is 1. The fourth-order valence-electron chi connectivity index (χ4n) is 3.82. The maximum Gasteiger partial charge on any atom is 0.251 e. The number of nitrogens with zero attached hydrogens (tertiary/aromatic N) is 3. The molecule has 10 nitrogen and oxygen atoms in total. The first-order valence-corrected chi connectivity index (χ1v) is 12.2. The van der Waals surface area contributed by atoms with Gasteiger partial charge >= 0.3 is 0 Å². The lowest BCUT2D eigenvalue weighted by molar-refractivity contribution is 0.0919. The molecule has 38 heavy (non-hydrogen) atoms. The van der Waals surface area contributed by atoms with Gasteiger partial charge in [-0.25, -0.2) is 9.97 Å². The van der Waals surface area contributed by atoms with Gasteiger partial charge in [-0.1, -0.05) is 11.8 Å². The summed E-state index contributed by atoms with van der Waals surface area (Å²) in [6, 6.07) is 13.1. The highest BCUT2D eigenvalue weighted by molar-refractivity contribution is 5.96. The summed E-state index contributed by atoms with van der Waals surface area (Å²) < 4.78 is 12.8. The minimum Gasteiger partial charge on any atom is -0.481 e. The van der Waals surface area contributed by atoms with Crippen LogP contribution in [0.15, 0.2) is 61.1 Å². The first-order chi connectivity index (χ1) is 18.6. The van der Waals surface area contributed by atoms with Crippen LogP contribution in [0.4, 0.5) is 11.5 Å². The Balaban J connectivity index is 1.45. The van der Waals surface area contributed by atoms with Gasteiger partial charge in [-0.2, -0.15) is 0 Å². The molecule has 0 aliphatic rings. The molecule has 4 rings (SSSR count). The summed E-state index contributed by atoms with van der Waals surface area (Å²) in [5, 5.41) is 14.9. The molecule has 0 bridgehead atoms. The van der Waals surface area contributed by atoms with E-state index in [0.717, 1.165) is 22.5 Å². The van der Waals surface area contributed by atoms with Gasteiger partial charge in [0.1, 0.15) is 19.0 Å². The second kappa shape index (κ2) is 13.2. The molecular weight excluding hydrogens is 484 g/mol. The monoisotopic (exact) mass is 514 g/mol. The Morgan fingerprint density at radius 3 is 2.74 bits per heavy atom. The third kappa shape index (κ3) is 6.66. The van der Waals surface area contributed by atoms with E-state index in [0.29, 0.717) is 49.1 Å². The van der Waals surface area contributed by atoms with Crippen molar-refractivity contribution in [3.05, 3.63) is 72.2 Å². The van der Waals surface area contributed by atoms with Crippen molar-refractivity contribution in [1.29, 1.82) is 0 Å². The van der Waals surface area contributed by atoms with Gasteiger partial charge in [0.15, 0.2) is 11.5 Å². The van der Waals surface area contributed by atoms with Gasteiger partial charge in [0, 0.05) is 42.3 Å². The number of benzene rings is 2. The highest BCUT2D eigenvalue weighted by Gasteiger charge is 2.13. The number of imidazole rings is 1. The summed E-state index contributed by atoms with van der Waals surface area (Å²) in [5.41, 5.74) is 10.1. The first-order valence-electron chi connectivity index (χ1n) is 12.2. The largest absolute Gasteiger partial charge is 0.481 e. The first kappa shape index (κ1) is 26.6. The third-order valence-electron chi connectivity index (χ3n) is 5.62. The molecule has 0 atom stereocenters. The van der Waals surface area contributed by atoms with E-state index in [1.54, 1.807) is 18.5 Å². The molecule has 4 aromatic rings. The summed E-state index contributed by atoms with van der Waals surface area (Å²) >= 11 is 0. The second-order valence-electron chi connectivity index (χ2n) is 8.25. The second-order valence-corrected chi connectivity index (χ2v) is 8.25. The van der Waals surface area contributed by atoms with Gasteiger partial charge in [0.2, 0.25) is 0 Å². The lowest BCUT2D eigenvalue weighted by atomic mass is 10.1. The van der Waals surface area contributed by atoms with Crippen LogP contribution in [-0.4, -0.2) is 64.9 Å². The third-order valence-corrected chi connectivity index (χ3v) is 5.62. The fraction of sp³-hybridized carbons (Fsp3) is 0.250. The van der Waals surface area contributed by atoms with Crippen LogP contribution in [0.25, 0.3) is 16.9 Å². The minimum absolute atomic E-state index is 0.155. The minimum atomic E-state index is -0.184. The van der Waals surface area contributed by atoms with E-state index in [1.165, 1.54) is 0 Å². The smallest absolute Gasteiger partial charge is 0.251 e. The number of carbonyl (C=O) groups is 1. The van der Waals surface area contributed by atoms with Gasteiger partial charge in [-0.15, -0.1) is 0 Å². The van der Waals surface area contributed by atoms with E-state index in [1.807, 2.05) is 53.9 Å². The number of hydrogen-bond acceptors (Lipinski definition) is 8. The predicted molar refractivity (Wildman–Crippen MR) is 145 cm³/mol. The van der Waals surface area contributed by atoms with E-state index in [2.05, 4.69) is 32.4 Å². The number of ether oxygens (including phenoxy) is 2. The molecule has 0 aliphatic carbocycles. The number of anilines is 2. The lowest BCUT2D eigenvalue weighted by Crippen LogP contribution is -2.28. The summed E-state index contributed by atoms with van der Waals surface area (Å²) in [4.78, 5) is 21.6. The molecule has 2 aromatic carbocycles. The number of aromatic nitrogens is 3. The van der Waals surface area contributed by atoms with Crippen LogP contribution in [0, 0.1) is 18.8 Å². The highest BCUT2D eigenvalue weighted by Crippen LogP contribution is 2.27. The molecule has 2 aromatic heterocycles. The molecule has 0 saturated carbocycles. The van der Waals surface area contributed by atoms with Crippen molar-refractivity contribution in [2.24, 2.45) is 5.73 Å². The molecule has 0 spiro atoms. The molecule has 10 heteroatoms. The van der Waals surface area contributed by atoms with Crippen molar-refractivity contribution in [2.75, 3.05) is 44.8 Å². The zero-order chi connectivity index (χ0) is 26.7. The molecule has 5 N–H and O–H groups in total. The molecule has 196 valence electrons. The van der Waals surface area contributed by atoms with Crippen LogP contribution in [-0.2, 0) is 4.74 Å². The Hall–Kier alpha value is -4.43. The van der Waals surface area contributed by atoms with Crippen molar-refractivity contribution in [3.8, 4) is 28.8 Å². The molecule has 0 unspecified atom stereocenters. The Labute approximate surface area is 220 Å². The van der Waals surface area contributed by atoms with Gasteiger partial charge in [-0.3, -0.25) is 9.20 Å². The van der Waals surface area contributed by atoms with Crippen molar-refractivity contribution in [3.63, 3.8) is 0 Å². The Morgan fingerprint density at radius 1 is 1.13 bits per heavy atom. The SMILES string of the molecule is Cc1cc(Nc2nccn3c(-c4ccc(OCC#CCO)cc4)cnc23)ccc1C(=O)NCCOCCN. The average Bonchev–Trinajstić information content (AvgIpc) is 3.37. The number of carbonyl (C=O) groups excluding carboxylic acids is 1. The fourth-order valence-corrected chi connectivity index (χ4v) is 3.82. The molecule has 0 fully saturated rings. The summed E-state index contributed by atoms with van der Waals surface area (Å²) in [6.07, 6.45) is 5.35. The van der Waals surface area contributed by atoms with Crippen LogP contribution in [0.5, 0.6) is 5.75 Å². The van der Waals surface area contributed by atoms with Crippen LogP contribution < -0.4 is 21.1 Å². The highest BCUT2D eigenvalue weighted by atomic mass is 16.5. The summed E-state index contributed by atoms with van der Waals surface area (Å²) in [6.45, 7) is 3.68. The van der Waals surface area contributed by atoms with E-state index < -0.39 is 0 Å². The molecule has 0 radical (unpaired) electrons. The molecule has 0 aliphatic heterocycles. The summed E-state index contributed by atoms with van der Waals surface area (Å²) in [5.74, 6) is 6.40. The molecule has 2 heterocycles. The van der Waals surface area contributed by atoms with Gasteiger partial charge in [-0.05, 0) is 55.0 Å². The van der Waals surface area contributed by atoms with Crippen LogP contribution in [0.2, 0.25) is 0 Å². The quantitative estimate of drug-likeness (QED) is 0.177. The van der Waals surface area contributed by atoms with Crippen molar-refractivity contribution < 1.29 is 19.4 Å². The number of rotatable bonds is 11. The number of amides is 1. The normalized spacial score (nSPS) is 10.6. The standard InChI is InChI=1S/C28H30N6O4/c1-20-18-22(6-9-24(20)28(36)31-12-17-37-16-10-29)33-26-27-32-19-25(34(27)13-11-30-26)21-4-7-23(8-5-21)38-15-3-2-14-35/h4-9,11,13,18-19,35H,10,12,14-17,29H2,1H3,(H,30,33)(H,31,36). The van der Waals surface area contributed by atoms with E-state index in [9.17, 15) is 4.79 Å². The molecular formula is C28H30N6O4. The zero-order valence-corrected chi connectivity index (χ0v) is 21.1. The van der Waals surface area contributed by atoms with E-state index in [4.69, 9.17) is 20.3 Å². The lowest BCUT2D eigenvalue weighted by Gasteiger charge is -2.12. The molecule has 0 saturated heterocycles. The Bertz CT molecular complexity index is 1440. The van der Waals surface area contributed by atoms with E-state index in [-0.39, 0.29) is 19.1 Å². The summed E-state index contributed by atoms with van der Waals surface area (Å²) in [7, 11) is 0. The number of aliphatic hydroxyl groups excluding tert-OH is 1. The zero-order valence-electron chi connectivity index (χ0n) is 21.1. The average molecular weight is 515 g/mol. The number of aliphatic hydroxyl groups is 1. The van der Waals surface area contributed by atoms with Gasteiger partial charge < -0.3 is 30.9 Å². The van der Waals surface area contributed by atoms with Crippen molar-refractivity contribution in [1.82, 2.24) is 19.7 Å². The van der Waals surface area contributed by atoms with Crippen LogP contribution in [0.3, 0.4) is 0 Å². The Morgan fingerprint density at radius 2 is 1.97 bits per heavy atom. The van der Waals surface area contributed by atoms with Gasteiger partial charge in [0.05, 0.1) is 25.1 Å². The number of hydrogen-bond donors (Lipinski definition) is 4. The molecule has 1 amide bonds. The Kier molecular flexibility index (Phi) is 9.26.